The number of aromatic hydroxyl groups is 1. The van der Waals surface area contributed by atoms with Gasteiger partial charge in [-0.3, -0.25) is 0 Å². The number of alkyl halides is 3. The second-order valence-electron chi connectivity index (χ2n) is 6.62. The maximum atomic E-state index is 13.6. The Bertz CT molecular complexity index is 1260. The van der Waals surface area contributed by atoms with Gasteiger partial charge in [0.25, 0.3) is 0 Å². The van der Waals surface area contributed by atoms with E-state index < -0.39 is 17.6 Å². The van der Waals surface area contributed by atoms with Gasteiger partial charge in [-0.1, -0.05) is 35.5 Å². The van der Waals surface area contributed by atoms with Crippen LogP contribution in [-0.4, -0.2) is 16.1 Å². The molecule has 0 amide bonds. The smallest absolute Gasteiger partial charge is 0.416 e. The summed E-state index contributed by atoms with van der Waals surface area (Å²) in [5.74, 6) is -0.503. The highest BCUT2D eigenvalue weighted by atomic mass is 19.4. The molecule has 0 aliphatic carbocycles. The van der Waals surface area contributed by atoms with E-state index in [0.717, 1.165) is 17.5 Å². The van der Waals surface area contributed by atoms with Gasteiger partial charge in [0.05, 0.1) is 11.8 Å². The molecule has 4 N–H and O–H groups in total. The SMILES string of the molecule is N/C(=N\O)c1cc(C(F)(F)F)cc(-c2ccc(O)cc2)c1-c1cccc2ccoc12. The van der Waals surface area contributed by atoms with Crippen molar-refractivity contribution in [2.45, 2.75) is 6.18 Å². The summed E-state index contributed by atoms with van der Waals surface area (Å²) in [7, 11) is 0. The summed E-state index contributed by atoms with van der Waals surface area (Å²) in [5.41, 5.74) is 6.58. The van der Waals surface area contributed by atoms with Crippen LogP contribution in [-0.2, 0) is 6.18 Å². The van der Waals surface area contributed by atoms with Crippen molar-refractivity contribution >= 4 is 16.8 Å². The minimum absolute atomic E-state index is 0.0305. The van der Waals surface area contributed by atoms with Gasteiger partial charge in [-0.2, -0.15) is 13.2 Å². The molecular formula is C22H15F3N2O3. The zero-order valence-corrected chi connectivity index (χ0v) is 15.3. The maximum absolute atomic E-state index is 13.6. The molecule has 0 saturated carbocycles. The van der Waals surface area contributed by atoms with Crippen molar-refractivity contribution < 1.29 is 27.9 Å². The summed E-state index contributed by atoms with van der Waals surface area (Å²) >= 11 is 0. The lowest BCUT2D eigenvalue weighted by Crippen LogP contribution is -2.17. The summed E-state index contributed by atoms with van der Waals surface area (Å²) in [6, 6.07) is 14.5. The molecule has 4 aromatic rings. The number of phenolic OH excluding ortho intramolecular Hbond substituents is 1. The topological polar surface area (TPSA) is 92.0 Å². The molecule has 0 aliphatic heterocycles. The number of para-hydroxylation sites is 1. The fraction of sp³-hybridized carbons (Fsp3) is 0.0455. The molecule has 0 aliphatic rings. The number of amidine groups is 1. The first-order valence-electron chi connectivity index (χ1n) is 8.78. The van der Waals surface area contributed by atoms with Crippen LogP contribution in [0.25, 0.3) is 33.2 Å². The van der Waals surface area contributed by atoms with Gasteiger partial charge in [-0.05, 0) is 41.5 Å². The predicted molar refractivity (Wildman–Crippen MR) is 106 cm³/mol. The summed E-state index contributed by atoms with van der Waals surface area (Å²) < 4.78 is 46.5. The number of oxime groups is 1. The first-order valence-corrected chi connectivity index (χ1v) is 8.78. The Hall–Kier alpha value is -3.94. The Balaban J connectivity index is 2.16. The zero-order chi connectivity index (χ0) is 21.5. The molecular weight excluding hydrogens is 397 g/mol. The molecule has 0 bridgehead atoms. The predicted octanol–water partition coefficient (Wildman–Crippen LogP) is 5.59. The number of rotatable bonds is 3. The zero-order valence-electron chi connectivity index (χ0n) is 15.3. The molecule has 30 heavy (non-hydrogen) atoms. The van der Waals surface area contributed by atoms with Crippen molar-refractivity contribution in [3.05, 3.63) is 78.1 Å². The third-order valence-corrected chi connectivity index (χ3v) is 4.78. The summed E-state index contributed by atoms with van der Waals surface area (Å²) in [6.07, 6.45) is -3.19. The van der Waals surface area contributed by atoms with Crippen LogP contribution >= 0.6 is 0 Å². The lowest BCUT2D eigenvalue weighted by Gasteiger charge is -2.19. The van der Waals surface area contributed by atoms with E-state index in [1.807, 2.05) is 0 Å². The van der Waals surface area contributed by atoms with Gasteiger partial charge >= 0.3 is 6.18 Å². The van der Waals surface area contributed by atoms with E-state index >= 15 is 0 Å². The molecule has 4 rings (SSSR count). The van der Waals surface area contributed by atoms with E-state index in [-0.39, 0.29) is 16.9 Å². The largest absolute Gasteiger partial charge is 0.508 e. The number of halogens is 3. The van der Waals surface area contributed by atoms with Gasteiger partial charge in [-0.15, -0.1) is 0 Å². The number of hydrogen-bond donors (Lipinski definition) is 3. The van der Waals surface area contributed by atoms with E-state index in [1.165, 1.54) is 30.5 Å². The van der Waals surface area contributed by atoms with Crippen LogP contribution in [0.5, 0.6) is 5.75 Å². The summed E-state index contributed by atoms with van der Waals surface area (Å²) in [5, 5.41) is 22.5. The van der Waals surface area contributed by atoms with Crippen molar-refractivity contribution in [3.8, 4) is 28.0 Å². The molecule has 0 radical (unpaired) electrons. The highest BCUT2D eigenvalue weighted by molar-refractivity contribution is 6.10. The lowest BCUT2D eigenvalue weighted by atomic mass is 9.87. The van der Waals surface area contributed by atoms with E-state index in [4.69, 9.17) is 10.2 Å². The second-order valence-corrected chi connectivity index (χ2v) is 6.62. The molecule has 3 aromatic carbocycles. The van der Waals surface area contributed by atoms with Gasteiger partial charge in [0.1, 0.15) is 11.3 Å². The van der Waals surface area contributed by atoms with Gasteiger partial charge < -0.3 is 20.5 Å². The molecule has 8 heteroatoms. The summed E-state index contributed by atoms with van der Waals surface area (Å²) in [6.45, 7) is 0. The molecule has 0 fully saturated rings. The molecule has 0 atom stereocenters. The van der Waals surface area contributed by atoms with Crippen molar-refractivity contribution in [1.29, 1.82) is 0 Å². The highest BCUT2D eigenvalue weighted by Gasteiger charge is 2.33. The van der Waals surface area contributed by atoms with Crippen molar-refractivity contribution in [2.24, 2.45) is 10.9 Å². The molecule has 0 unspecified atom stereocenters. The van der Waals surface area contributed by atoms with E-state index in [0.29, 0.717) is 22.3 Å². The first-order chi connectivity index (χ1) is 14.3. The van der Waals surface area contributed by atoms with Crippen LogP contribution in [0.1, 0.15) is 11.1 Å². The highest BCUT2D eigenvalue weighted by Crippen LogP contribution is 2.43. The minimum Gasteiger partial charge on any atom is -0.508 e. The summed E-state index contributed by atoms with van der Waals surface area (Å²) in [4.78, 5) is 0. The van der Waals surface area contributed by atoms with Crippen molar-refractivity contribution in [3.63, 3.8) is 0 Å². The minimum atomic E-state index is -4.66. The van der Waals surface area contributed by atoms with Gasteiger partial charge in [0.2, 0.25) is 0 Å². The maximum Gasteiger partial charge on any atom is 0.416 e. The van der Waals surface area contributed by atoms with Gasteiger partial charge in [0, 0.05) is 22.1 Å². The van der Waals surface area contributed by atoms with Crippen LogP contribution < -0.4 is 5.73 Å². The molecule has 5 nitrogen and oxygen atoms in total. The van der Waals surface area contributed by atoms with E-state index in [1.54, 1.807) is 24.3 Å². The average Bonchev–Trinajstić information content (AvgIpc) is 3.21. The fourth-order valence-corrected chi connectivity index (χ4v) is 3.41. The Morgan fingerprint density at radius 1 is 0.967 bits per heavy atom. The normalized spacial score (nSPS) is 12.4. The number of benzene rings is 3. The van der Waals surface area contributed by atoms with Crippen LogP contribution in [0.4, 0.5) is 13.2 Å². The number of hydrogen-bond acceptors (Lipinski definition) is 4. The Morgan fingerprint density at radius 3 is 2.37 bits per heavy atom. The third-order valence-electron chi connectivity index (χ3n) is 4.78. The number of furan rings is 1. The quantitative estimate of drug-likeness (QED) is 0.177. The van der Waals surface area contributed by atoms with E-state index in [9.17, 15) is 23.5 Å². The van der Waals surface area contributed by atoms with Gasteiger partial charge in [0.15, 0.2) is 5.84 Å². The number of fused-ring (bicyclic) bond motifs is 1. The van der Waals surface area contributed by atoms with Crippen LogP contribution in [0.2, 0.25) is 0 Å². The number of nitrogens with two attached hydrogens (primary N) is 1. The average molecular weight is 412 g/mol. The Labute approximate surface area is 168 Å². The first kappa shape index (κ1) is 19.4. The van der Waals surface area contributed by atoms with E-state index in [2.05, 4.69) is 5.16 Å². The fourth-order valence-electron chi connectivity index (χ4n) is 3.41. The second kappa shape index (κ2) is 7.14. The van der Waals surface area contributed by atoms with Gasteiger partial charge in [-0.25, -0.2) is 0 Å². The number of phenols is 1. The Morgan fingerprint density at radius 2 is 1.70 bits per heavy atom. The molecule has 1 aromatic heterocycles. The molecule has 0 spiro atoms. The van der Waals surface area contributed by atoms with Crippen LogP contribution in [0.3, 0.4) is 0 Å². The number of nitrogens with zero attached hydrogens (tertiary/aromatic N) is 1. The molecule has 0 saturated heterocycles. The monoisotopic (exact) mass is 412 g/mol. The Kier molecular flexibility index (Phi) is 4.62. The molecule has 1 heterocycles. The molecule has 152 valence electrons. The standard InChI is InChI=1S/C22H15F3N2O3/c23-22(24,25)14-10-17(12-4-6-15(28)7-5-12)19(18(11-14)21(26)27-29)16-3-1-2-13-8-9-30-20(13)16/h1-11,28-29H,(H2,26,27). The lowest BCUT2D eigenvalue weighted by molar-refractivity contribution is -0.137. The van der Waals surface area contributed by atoms with Crippen LogP contribution in [0.15, 0.2) is 76.5 Å². The van der Waals surface area contributed by atoms with Crippen molar-refractivity contribution in [2.75, 3.05) is 0 Å². The van der Waals surface area contributed by atoms with Crippen molar-refractivity contribution in [1.82, 2.24) is 0 Å². The third kappa shape index (κ3) is 3.32. The van der Waals surface area contributed by atoms with Crippen LogP contribution in [0, 0.1) is 0 Å².